The van der Waals surface area contributed by atoms with Crippen LogP contribution in [0.3, 0.4) is 0 Å². The number of halogens is 1. The normalized spacial score (nSPS) is 19.7. The van der Waals surface area contributed by atoms with Crippen molar-refractivity contribution in [3.05, 3.63) is 81.6 Å². The van der Waals surface area contributed by atoms with Crippen LogP contribution in [0.4, 0.5) is 10.1 Å². The van der Waals surface area contributed by atoms with Gasteiger partial charge in [0.2, 0.25) is 0 Å². The zero-order valence-electron chi connectivity index (χ0n) is 14.4. The number of benzene rings is 1. The van der Waals surface area contributed by atoms with Gasteiger partial charge in [0, 0.05) is 21.6 Å². The Bertz CT molecular complexity index is 955. The largest absolute Gasteiger partial charge is 0.351 e. The van der Waals surface area contributed by atoms with E-state index in [0.717, 1.165) is 11.4 Å². The van der Waals surface area contributed by atoms with Crippen molar-refractivity contribution in [3.63, 3.8) is 0 Å². The summed E-state index contributed by atoms with van der Waals surface area (Å²) in [7, 11) is 0. The molecule has 0 bridgehead atoms. The Morgan fingerprint density at radius 1 is 1.15 bits per heavy atom. The highest BCUT2D eigenvalue weighted by Crippen LogP contribution is 2.43. The van der Waals surface area contributed by atoms with Crippen LogP contribution in [0.2, 0.25) is 0 Å². The Kier molecular flexibility index (Phi) is 4.46. The highest BCUT2D eigenvalue weighted by atomic mass is 32.1. The summed E-state index contributed by atoms with van der Waals surface area (Å²) in [5, 5.41) is 4.05. The van der Waals surface area contributed by atoms with Crippen molar-refractivity contribution in [2.45, 2.75) is 25.9 Å². The molecule has 0 amide bonds. The first-order valence-electron chi connectivity index (χ1n) is 8.38. The van der Waals surface area contributed by atoms with Gasteiger partial charge in [0.05, 0.1) is 17.8 Å². The molecule has 1 aliphatic rings. The fourth-order valence-electron chi connectivity index (χ4n) is 3.31. The van der Waals surface area contributed by atoms with Gasteiger partial charge in [-0.25, -0.2) is 4.39 Å². The Morgan fingerprint density at radius 3 is 2.65 bits per heavy atom. The predicted molar refractivity (Wildman–Crippen MR) is 108 cm³/mol. The van der Waals surface area contributed by atoms with Crippen molar-refractivity contribution in [3.8, 4) is 0 Å². The second-order valence-corrected chi connectivity index (χ2v) is 8.08. The van der Waals surface area contributed by atoms with Crippen molar-refractivity contribution in [2.75, 3.05) is 4.90 Å². The van der Waals surface area contributed by atoms with Gasteiger partial charge in [-0.2, -0.15) is 0 Å². The highest BCUT2D eigenvalue weighted by molar-refractivity contribution is 7.80. The molecule has 3 nitrogen and oxygen atoms in total. The maximum absolute atomic E-state index is 13.8. The van der Waals surface area contributed by atoms with Crippen LogP contribution in [0, 0.1) is 19.7 Å². The minimum Gasteiger partial charge on any atom is -0.351 e. The zero-order valence-corrected chi connectivity index (χ0v) is 16.1. The van der Waals surface area contributed by atoms with Gasteiger partial charge in [0.1, 0.15) is 5.82 Å². The third kappa shape index (κ3) is 2.99. The van der Waals surface area contributed by atoms with Crippen LogP contribution < -0.4 is 10.2 Å². The summed E-state index contributed by atoms with van der Waals surface area (Å²) in [6, 6.07) is 15.2. The number of thiocarbonyl (C=S) groups is 1. The SMILES string of the molecule is Cc1ccc([C@H]2[C@@H](c3ccccn3)NC(=S)N2c2ccc(F)c(C)c2)s1. The standard InChI is InChI=1S/C20H18FN3S2/c1-12-11-14(7-8-15(12)21)24-19(17-9-6-13(2)26-17)18(23-20(24)25)16-5-3-4-10-22-16/h3-11,18-19H,1-2H3,(H,23,25)/t18-,19+/m1/s1. The van der Waals surface area contributed by atoms with Crippen LogP contribution >= 0.6 is 23.6 Å². The smallest absolute Gasteiger partial charge is 0.174 e. The molecule has 1 N–H and O–H groups in total. The summed E-state index contributed by atoms with van der Waals surface area (Å²) in [4.78, 5) is 9.05. The first-order valence-corrected chi connectivity index (χ1v) is 9.60. The van der Waals surface area contributed by atoms with Crippen molar-refractivity contribution < 1.29 is 4.39 Å². The topological polar surface area (TPSA) is 28.2 Å². The molecule has 0 aliphatic carbocycles. The van der Waals surface area contributed by atoms with Gasteiger partial charge in [0.15, 0.2) is 5.11 Å². The quantitative estimate of drug-likeness (QED) is 0.639. The lowest BCUT2D eigenvalue weighted by molar-refractivity contribution is 0.574. The minimum atomic E-state index is -0.211. The maximum atomic E-state index is 13.8. The number of hydrogen-bond donors (Lipinski definition) is 1. The number of anilines is 1. The molecule has 0 spiro atoms. The summed E-state index contributed by atoms with van der Waals surface area (Å²) < 4.78 is 13.8. The molecule has 3 aromatic rings. The van der Waals surface area contributed by atoms with Gasteiger partial charge in [-0.05, 0) is 74.1 Å². The van der Waals surface area contributed by atoms with Gasteiger partial charge < -0.3 is 10.2 Å². The van der Waals surface area contributed by atoms with E-state index in [1.54, 1.807) is 30.5 Å². The summed E-state index contributed by atoms with van der Waals surface area (Å²) in [5.74, 6) is -0.211. The molecule has 6 heteroatoms. The number of nitrogens with one attached hydrogen (secondary N) is 1. The van der Waals surface area contributed by atoms with Crippen LogP contribution in [-0.2, 0) is 0 Å². The molecule has 1 saturated heterocycles. The minimum absolute atomic E-state index is 0.0269. The summed E-state index contributed by atoms with van der Waals surface area (Å²) in [6.07, 6.45) is 1.79. The molecule has 26 heavy (non-hydrogen) atoms. The number of rotatable bonds is 3. The van der Waals surface area contributed by atoms with Crippen molar-refractivity contribution >= 4 is 34.4 Å². The number of thiophene rings is 1. The van der Waals surface area contributed by atoms with Crippen molar-refractivity contribution in [1.29, 1.82) is 0 Å². The molecular weight excluding hydrogens is 365 g/mol. The molecule has 3 heterocycles. The molecule has 4 rings (SSSR count). The van der Waals surface area contributed by atoms with E-state index in [0.29, 0.717) is 10.7 Å². The lowest BCUT2D eigenvalue weighted by atomic mass is 10.0. The highest BCUT2D eigenvalue weighted by Gasteiger charge is 2.41. The fraction of sp³-hybridized carbons (Fsp3) is 0.200. The van der Waals surface area contributed by atoms with E-state index in [-0.39, 0.29) is 17.9 Å². The molecule has 1 aliphatic heterocycles. The van der Waals surface area contributed by atoms with E-state index < -0.39 is 0 Å². The molecule has 1 aromatic carbocycles. The van der Waals surface area contributed by atoms with E-state index in [4.69, 9.17) is 12.2 Å². The van der Waals surface area contributed by atoms with E-state index in [2.05, 4.69) is 34.3 Å². The fourth-order valence-corrected chi connectivity index (χ4v) is 4.67. The second kappa shape index (κ2) is 6.78. The number of aromatic nitrogens is 1. The van der Waals surface area contributed by atoms with Crippen LogP contribution in [0.15, 0.2) is 54.7 Å². The summed E-state index contributed by atoms with van der Waals surface area (Å²) in [5.41, 5.74) is 2.43. The number of aryl methyl sites for hydroxylation is 2. The van der Waals surface area contributed by atoms with Crippen LogP contribution in [-0.4, -0.2) is 10.1 Å². The molecule has 0 radical (unpaired) electrons. The first-order chi connectivity index (χ1) is 12.5. The summed E-state index contributed by atoms with van der Waals surface area (Å²) in [6.45, 7) is 3.86. The van der Waals surface area contributed by atoms with Gasteiger partial charge >= 0.3 is 0 Å². The van der Waals surface area contributed by atoms with E-state index >= 15 is 0 Å². The third-order valence-electron chi connectivity index (χ3n) is 4.57. The molecule has 2 atom stereocenters. The van der Waals surface area contributed by atoms with Gasteiger partial charge in [-0.1, -0.05) is 6.07 Å². The molecular formula is C20H18FN3S2. The second-order valence-electron chi connectivity index (χ2n) is 6.38. The Balaban J connectivity index is 1.83. The molecule has 2 aromatic heterocycles. The van der Waals surface area contributed by atoms with Crippen molar-refractivity contribution in [2.24, 2.45) is 0 Å². The van der Waals surface area contributed by atoms with E-state index in [1.807, 2.05) is 24.3 Å². The van der Waals surface area contributed by atoms with Crippen LogP contribution in [0.25, 0.3) is 0 Å². The monoisotopic (exact) mass is 383 g/mol. The van der Waals surface area contributed by atoms with Gasteiger partial charge in [-0.15, -0.1) is 11.3 Å². The molecule has 1 fully saturated rings. The first kappa shape index (κ1) is 17.1. The van der Waals surface area contributed by atoms with Gasteiger partial charge in [-0.3, -0.25) is 4.98 Å². The lowest BCUT2D eigenvalue weighted by Crippen LogP contribution is -2.29. The van der Waals surface area contributed by atoms with E-state index in [9.17, 15) is 4.39 Å². The third-order valence-corrected chi connectivity index (χ3v) is 5.96. The number of nitrogens with zero attached hydrogens (tertiary/aromatic N) is 2. The summed E-state index contributed by atoms with van der Waals surface area (Å²) >= 11 is 7.41. The molecule has 0 unspecified atom stereocenters. The van der Waals surface area contributed by atoms with E-state index in [1.165, 1.54) is 15.8 Å². The Labute approximate surface area is 161 Å². The molecule has 0 saturated carbocycles. The lowest BCUT2D eigenvalue weighted by Gasteiger charge is -2.27. The van der Waals surface area contributed by atoms with Crippen LogP contribution in [0.1, 0.15) is 33.1 Å². The molecule has 132 valence electrons. The zero-order chi connectivity index (χ0) is 18.3. The predicted octanol–water partition coefficient (Wildman–Crippen LogP) is 5.08. The van der Waals surface area contributed by atoms with Crippen molar-refractivity contribution in [1.82, 2.24) is 10.3 Å². The maximum Gasteiger partial charge on any atom is 0.174 e. The number of hydrogen-bond acceptors (Lipinski definition) is 3. The Hall–Kier alpha value is -2.31. The van der Waals surface area contributed by atoms with Gasteiger partial charge in [0.25, 0.3) is 0 Å². The Morgan fingerprint density at radius 2 is 2.00 bits per heavy atom. The number of pyridine rings is 1. The average molecular weight is 384 g/mol. The van der Waals surface area contributed by atoms with Crippen LogP contribution in [0.5, 0.6) is 0 Å². The average Bonchev–Trinajstić information content (AvgIpc) is 3.21.